The highest BCUT2D eigenvalue weighted by molar-refractivity contribution is 6.09. The molecular weight excluding hydrogens is 318 g/mol. The number of rotatable bonds is 2. The number of nitrogens with zero attached hydrogens (tertiary/aromatic N) is 2. The van der Waals surface area contributed by atoms with E-state index in [0.717, 1.165) is 50.1 Å². The molecule has 6 heteroatoms. The number of hydrogen-bond donors (Lipinski definition) is 1. The van der Waals surface area contributed by atoms with Gasteiger partial charge in [0.05, 0.1) is 0 Å². The maximum Gasteiger partial charge on any atom is 0.325 e. The minimum Gasteiger partial charge on any atom is -0.341 e. The van der Waals surface area contributed by atoms with Crippen molar-refractivity contribution in [1.29, 1.82) is 0 Å². The molecule has 3 rings (SSSR count). The van der Waals surface area contributed by atoms with Crippen LogP contribution in [0.3, 0.4) is 0 Å². The summed E-state index contributed by atoms with van der Waals surface area (Å²) in [4.78, 5) is 41.1. The fourth-order valence-electron chi connectivity index (χ4n) is 4.77. The maximum atomic E-state index is 13.0. The lowest BCUT2D eigenvalue weighted by Crippen LogP contribution is -2.50. The molecule has 4 amide bonds. The van der Waals surface area contributed by atoms with Crippen LogP contribution in [0.4, 0.5) is 4.79 Å². The molecule has 3 aliphatic rings. The Morgan fingerprint density at radius 2 is 1.60 bits per heavy atom. The van der Waals surface area contributed by atoms with Gasteiger partial charge in [-0.2, -0.15) is 0 Å². The van der Waals surface area contributed by atoms with Crippen LogP contribution in [-0.4, -0.2) is 52.8 Å². The molecule has 1 aliphatic carbocycles. The van der Waals surface area contributed by atoms with Gasteiger partial charge in [0, 0.05) is 13.1 Å². The Bertz CT molecular complexity index is 530. The quantitative estimate of drug-likeness (QED) is 0.779. The van der Waals surface area contributed by atoms with E-state index in [0.29, 0.717) is 24.7 Å². The highest BCUT2D eigenvalue weighted by Crippen LogP contribution is 2.32. The Kier molecular flexibility index (Phi) is 5.35. The summed E-state index contributed by atoms with van der Waals surface area (Å²) < 4.78 is 0. The molecule has 140 valence electrons. The van der Waals surface area contributed by atoms with Crippen molar-refractivity contribution in [3.05, 3.63) is 0 Å². The second-order valence-electron chi connectivity index (χ2n) is 8.42. The Morgan fingerprint density at radius 3 is 2.20 bits per heavy atom. The number of amides is 4. The molecule has 2 saturated heterocycles. The van der Waals surface area contributed by atoms with Gasteiger partial charge in [-0.15, -0.1) is 0 Å². The van der Waals surface area contributed by atoms with Crippen LogP contribution >= 0.6 is 0 Å². The first-order valence-corrected chi connectivity index (χ1v) is 9.83. The number of hydrogen-bond acceptors (Lipinski definition) is 3. The summed E-state index contributed by atoms with van der Waals surface area (Å²) in [5, 5.41) is 2.93. The van der Waals surface area contributed by atoms with Gasteiger partial charge in [-0.1, -0.05) is 46.0 Å². The molecule has 2 heterocycles. The van der Waals surface area contributed by atoms with Crippen LogP contribution in [0, 0.1) is 11.8 Å². The van der Waals surface area contributed by atoms with Crippen molar-refractivity contribution in [2.75, 3.05) is 19.6 Å². The molecule has 0 aromatic heterocycles. The summed E-state index contributed by atoms with van der Waals surface area (Å²) in [6, 6.07) is -0.392. The first-order valence-electron chi connectivity index (χ1n) is 9.83. The van der Waals surface area contributed by atoms with E-state index in [4.69, 9.17) is 0 Å². The van der Waals surface area contributed by atoms with Crippen molar-refractivity contribution in [1.82, 2.24) is 15.1 Å². The van der Waals surface area contributed by atoms with Crippen molar-refractivity contribution in [3.63, 3.8) is 0 Å². The summed E-state index contributed by atoms with van der Waals surface area (Å²) in [5.41, 5.74) is -0.764. The number of urea groups is 1. The van der Waals surface area contributed by atoms with Crippen LogP contribution in [0.15, 0.2) is 0 Å². The lowest BCUT2D eigenvalue weighted by molar-refractivity contribution is -0.140. The molecule has 3 fully saturated rings. The van der Waals surface area contributed by atoms with E-state index < -0.39 is 11.6 Å². The van der Waals surface area contributed by atoms with Gasteiger partial charge in [0.25, 0.3) is 5.91 Å². The number of carbonyl (C=O) groups is 3. The highest BCUT2D eigenvalue weighted by atomic mass is 16.2. The van der Waals surface area contributed by atoms with Crippen LogP contribution in [0.2, 0.25) is 0 Å². The molecule has 1 N–H and O–H groups in total. The number of nitrogens with one attached hydrogen (secondary N) is 1. The molecule has 0 radical (unpaired) electrons. The average Bonchev–Trinajstić information content (AvgIpc) is 2.75. The van der Waals surface area contributed by atoms with Gasteiger partial charge in [0.2, 0.25) is 5.91 Å². The zero-order valence-corrected chi connectivity index (χ0v) is 15.6. The highest BCUT2D eigenvalue weighted by Gasteiger charge is 2.51. The maximum absolute atomic E-state index is 13.0. The Morgan fingerprint density at radius 1 is 1.04 bits per heavy atom. The van der Waals surface area contributed by atoms with Gasteiger partial charge < -0.3 is 10.2 Å². The van der Waals surface area contributed by atoms with Crippen LogP contribution in [0.1, 0.15) is 65.2 Å². The van der Waals surface area contributed by atoms with Crippen molar-refractivity contribution in [2.24, 2.45) is 11.8 Å². The first-order chi connectivity index (χ1) is 11.9. The van der Waals surface area contributed by atoms with Gasteiger partial charge in [-0.05, 0) is 31.1 Å². The van der Waals surface area contributed by atoms with E-state index in [2.05, 4.69) is 19.2 Å². The average molecular weight is 349 g/mol. The van der Waals surface area contributed by atoms with Crippen LogP contribution in [0.5, 0.6) is 0 Å². The second-order valence-corrected chi connectivity index (χ2v) is 8.42. The van der Waals surface area contributed by atoms with Crippen molar-refractivity contribution >= 4 is 17.8 Å². The SMILES string of the molecule is C[C@@H]1C[C@H](C)CN(C(=O)CN2C(=O)NC3(CCCCCCC3)C2=O)C1. The largest absolute Gasteiger partial charge is 0.341 e. The summed E-state index contributed by atoms with van der Waals surface area (Å²) in [6.07, 6.45) is 7.83. The van der Waals surface area contributed by atoms with E-state index >= 15 is 0 Å². The van der Waals surface area contributed by atoms with E-state index in [9.17, 15) is 14.4 Å². The molecule has 1 saturated carbocycles. The molecule has 2 aliphatic heterocycles. The molecule has 0 unspecified atom stereocenters. The smallest absolute Gasteiger partial charge is 0.325 e. The van der Waals surface area contributed by atoms with E-state index in [1.165, 1.54) is 6.42 Å². The second kappa shape index (κ2) is 7.34. The van der Waals surface area contributed by atoms with Gasteiger partial charge in [0.15, 0.2) is 0 Å². The van der Waals surface area contributed by atoms with Crippen molar-refractivity contribution in [3.8, 4) is 0 Å². The minimum atomic E-state index is -0.764. The number of likely N-dealkylation sites (tertiary alicyclic amines) is 1. The first kappa shape index (κ1) is 18.2. The summed E-state index contributed by atoms with van der Waals surface area (Å²) in [5.74, 6) is 0.635. The van der Waals surface area contributed by atoms with Gasteiger partial charge in [-0.3, -0.25) is 14.5 Å². The third-order valence-corrected chi connectivity index (χ3v) is 5.97. The molecule has 0 aromatic carbocycles. The Balaban J connectivity index is 1.67. The predicted molar refractivity (Wildman–Crippen MR) is 94.8 cm³/mol. The monoisotopic (exact) mass is 349 g/mol. The molecular formula is C19H31N3O3. The zero-order valence-electron chi connectivity index (χ0n) is 15.6. The number of imide groups is 1. The lowest BCUT2D eigenvalue weighted by atomic mass is 9.84. The van der Waals surface area contributed by atoms with E-state index in [-0.39, 0.29) is 18.4 Å². The topological polar surface area (TPSA) is 69.7 Å². The van der Waals surface area contributed by atoms with Gasteiger partial charge in [-0.25, -0.2) is 4.79 Å². The fraction of sp³-hybridized carbons (Fsp3) is 0.842. The van der Waals surface area contributed by atoms with Crippen LogP contribution in [0.25, 0.3) is 0 Å². The van der Waals surface area contributed by atoms with Crippen LogP contribution < -0.4 is 5.32 Å². The standard InChI is InChI=1S/C19H31N3O3/c1-14-10-15(2)12-21(11-14)16(23)13-22-17(24)19(20-18(22)25)8-6-4-3-5-7-9-19/h14-15H,3-13H2,1-2H3,(H,20,25)/t14-,15+. The molecule has 0 aromatic rings. The van der Waals surface area contributed by atoms with Gasteiger partial charge >= 0.3 is 6.03 Å². The molecule has 0 bridgehead atoms. The number of carbonyl (C=O) groups excluding carboxylic acids is 3. The van der Waals surface area contributed by atoms with E-state index in [1.54, 1.807) is 0 Å². The van der Waals surface area contributed by atoms with Gasteiger partial charge in [0.1, 0.15) is 12.1 Å². The molecule has 1 spiro atoms. The predicted octanol–water partition coefficient (Wildman–Crippen LogP) is 2.53. The lowest BCUT2D eigenvalue weighted by Gasteiger charge is -2.35. The Labute approximate surface area is 150 Å². The molecule has 25 heavy (non-hydrogen) atoms. The van der Waals surface area contributed by atoms with E-state index in [1.807, 2.05) is 4.90 Å². The molecule has 2 atom stereocenters. The van der Waals surface area contributed by atoms with Crippen molar-refractivity contribution in [2.45, 2.75) is 70.8 Å². The number of piperidine rings is 1. The zero-order chi connectivity index (χ0) is 18.0. The third-order valence-electron chi connectivity index (χ3n) is 5.97. The molecule has 6 nitrogen and oxygen atoms in total. The fourth-order valence-corrected chi connectivity index (χ4v) is 4.77. The summed E-state index contributed by atoms with van der Waals surface area (Å²) >= 11 is 0. The summed E-state index contributed by atoms with van der Waals surface area (Å²) in [7, 11) is 0. The minimum absolute atomic E-state index is 0.107. The van der Waals surface area contributed by atoms with Crippen LogP contribution in [-0.2, 0) is 9.59 Å². The summed E-state index contributed by atoms with van der Waals surface area (Å²) in [6.45, 7) is 5.61. The third kappa shape index (κ3) is 3.82. The normalized spacial score (nSPS) is 30.2. The Hall–Kier alpha value is -1.59. The van der Waals surface area contributed by atoms with Crippen molar-refractivity contribution < 1.29 is 14.4 Å².